The fraction of sp³-hybridized carbons (Fsp3) is 0.391. The molecule has 0 aliphatic carbocycles. The average molecular weight is 468 g/mol. The molecule has 9 nitrogen and oxygen atoms in total. The van der Waals surface area contributed by atoms with Gasteiger partial charge in [0.1, 0.15) is 22.3 Å². The zero-order chi connectivity index (χ0) is 23.2. The number of nitrogens with one attached hydrogen (secondary N) is 3. The zero-order valence-corrected chi connectivity index (χ0v) is 20.0. The van der Waals surface area contributed by atoms with Crippen LogP contribution in [0.3, 0.4) is 0 Å². The minimum atomic E-state index is -0.178. The highest BCUT2D eigenvalue weighted by Gasteiger charge is 2.14. The fourth-order valence-electron chi connectivity index (χ4n) is 3.62. The van der Waals surface area contributed by atoms with Gasteiger partial charge in [0.05, 0.1) is 19.4 Å². The van der Waals surface area contributed by atoms with Crippen LogP contribution < -0.4 is 16.0 Å². The molecule has 0 atom stereocenters. The third-order valence-corrected chi connectivity index (χ3v) is 6.27. The summed E-state index contributed by atoms with van der Waals surface area (Å²) in [5.74, 6) is 1.86. The van der Waals surface area contributed by atoms with Crippen LogP contribution in [-0.4, -0.2) is 65.2 Å². The van der Waals surface area contributed by atoms with Crippen LogP contribution in [0.25, 0.3) is 0 Å². The number of morpholine rings is 1. The first-order valence-corrected chi connectivity index (χ1v) is 11.8. The Morgan fingerprint density at radius 2 is 1.85 bits per heavy atom. The number of aryl methyl sites for hydroxylation is 3. The number of thiazole rings is 1. The summed E-state index contributed by atoms with van der Waals surface area (Å²) in [6.07, 6.45) is 1.57. The van der Waals surface area contributed by atoms with E-state index in [1.807, 2.05) is 45.0 Å². The molecule has 3 heterocycles. The highest BCUT2D eigenvalue weighted by atomic mass is 32.1. The van der Waals surface area contributed by atoms with Crippen molar-refractivity contribution in [3.63, 3.8) is 0 Å². The molecule has 33 heavy (non-hydrogen) atoms. The number of benzene rings is 1. The Bertz CT molecular complexity index is 1090. The van der Waals surface area contributed by atoms with Crippen molar-refractivity contribution in [3.8, 4) is 0 Å². The lowest BCUT2D eigenvalue weighted by atomic mass is 10.1. The molecule has 4 rings (SSSR count). The van der Waals surface area contributed by atoms with Crippen molar-refractivity contribution in [3.05, 3.63) is 52.3 Å². The largest absolute Gasteiger partial charge is 0.379 e. The maximum absolute atomic E-state index is 12.7. The van der Waals surface area contributed by atoms with Crippen molar-refractivity contribution in [1.29, 1.82) is 0 Å². The van der Waals surface area contributed by atoms with E-state index in [4.69, 9.17) is 4.74 Å². The lowest BCUT2D eigenvalue weighted by Gasteiger charge is -2.26. The molecule has 1 aromatic carbocycles. The monoisotopic (exact) mass is 467 g/mol. The van der Waals surface area contributed by atoms with E-state index >= 15 is 0 Å². The summed E-state index contributed by atoms with van der Waals surface area (Å²) in [4.78, 5) is 28.9. The molecule has 1 aliphatic heterocycles. The highest BCUT2D eigenvalue weighted by Crippen LogP contribution is 2.25. The third-order valence-electron chi connectivity index (χ3n) is 5.36. The summed E-state index contributed by atoms with van der Waals surface area (Å²) in [6.45, 7) is 11.0. The number of hydrogen-bond donors (Lipinski definition) is 3. The molecule has 1 fully saturated rings. The van der Waals surface area contributed by atoms with E-state index in [9.17, 15) is 4.79 Å². The van der Waals surface area contributed by atoms with Crippen LogP contribution in [0.15, 0.2) is 30.5 Å². The Balaban J connectivity index is 1.36. The highest BCUT2D eigenvalue weighted by molar-refractivity contribution is 7.17. The summed E-state index contributed by atoms with van der Waals surface area (Å²) in [7, 11) is 0. The quantitative estimate of drug-likeness (QED) is 0.462. The molecule has 0 saturated carbocycles. The Morgan fingerprint density at radius 3 is 2.61 bits per heavy atom. The van der Waals surface area contributed by atoms with Crippen LogP contribution in [0.5, 0.6) is 0 Å². The number of ether oxygens (including phenoxy) is 1. The molecule has 3 aromatic rings. The smallest absolute Gasteiger partial charge is 0.267 e. The van der Waals surface area contributed by atoms with Gasteiger partial charge in [-0.1, -0.05) is 29.5 Å². The molecular formula is C23H29N7O2S. The van der Waals surface area contributed by atoms with Gasteiger partial charge in [0, 0.05) is 37.9 Å². The minimum Gasteiger partial charge on any atom is -0.379 e. The van der Waals surface area contributed by atoms with Gasteiger partial charge in [-0.15, -0.1) is 0 Å². The molecule has 1 amide bonds. The van der Waals surface area contributed by atoms with Crippen LogP contribution in [-0.2, 0) is 4.74 Å². The van der Waals surface area contributed by atoms with Crippen LogP contribution in [0, 0.1) is 20.8 Å². The summed E-state index contributed by atoms with van der Waals surface area (Å²) in [5.41, 5.74) is 2.89. The minimum absolute atomic E-state index is 0.178. The van der Waals surface area contributed by atoms with Crippen molar-refractivity contribution in [2.75, 3.05) is 55.3 Å². The fourth-order valence-corrected chi connectivity index (χ4v) is 4.34. The lowest BCUT2D eigenvalue weighted by molar-refractivity contribution is 0.0398. The Hall–Kier alpha value is -3.08. The van der Waals surface area contributed by atoms with Crippen molar-refractivity contribution >= 4 is 39.7 Å². The van der Waals surface area contributed by atoms with Gasteiger partial charge < -0.3 is 20.7 Å². The van der Waals surface area contributed by atoms with Gasteiger partial charge in [0.25, 0.3) is 5.91 Å². The number of amides is 1. The average Bonchev–Trinajstić information content (AvgIpc) is 3.25. The van der Waals surface area contributed by atoms with Crippen LogP contribution in [0.1, 0.15) is 26.6 Å². The van der Waals surface area contributed by atoms with E-state index in [1.165, 1.54) is 11.3 Å². The number of hydrogen-bond acceptors (Lipinski definition) is 9. The summed E-state index contributed by atoms with van der Waals surface area (Å²) >= 11 is 1.28. The van der Waals surface area contributed by atoms with E-state index < -0.39 is 0 Å². The molecule has 10 heteroatoms. The lowest BCUT2D eigenvalue weighted by Crippen LogP contribution is -2.39. The van der Waals surface area contributed by atoms with E-state index in [-0.39, 0.29) is 5.91 Å². The number of aromatic nitrogens is 3. The molecule has 2 aromatic heterocycles. The normalized spacial score (nSPS) is 14.2. The maximum atomic E-state index is 12.7. The number of carbonyl (C=O) groups excluding carboxylic acids is 1. The van der Waals surface area contributed by atoms with E-state index in [0.29, 0.717) is 21.7 Å². The second-order valence-corrected chi connectivity index (χ2v) is 8.97. The molecular weight excluding hydrogens is 438 g/mol. The predicted octanol–water partition coefficient (Wildman–Crippen LogP) is 3.60. The van der Waals surface area contributed by atoms with Gasteiger partial charge in [0.15, 0.2) is 5.13 Å². The molecule has 0 unspecified atom stereocenters. The first-order chi connectivity index (χ1) is 16.0. The summed E-state index contributed by atoms with van der Waals surface area (Å²) in [5, 5.41) is 10.2. The third kappa shape index (κ3) is 6.25. The van der Waals surface area contributed by atoms with Gasteiger partial charge in [0.2, 0.25) is 0 Å². The van der Waals surface area contributed by atoms with Gasteiger partial charge >= 0.3 is 0 Å². The van der Waals surface area contributed by atoms with Crippen LogP contribution in [0.2, 0.25) is 0 Å². The number of para-hydroxylation sites is 1. The molecule has 174 valence electrons. The Labute approximate surface area is 197 Å². The Kier molecular flexibility index (Phi) is 7.48. The van der Waals surface area contributed by atoms with Gasteiger partial charge in [-0.25, -0.2) is 15.0 Å². The van der Waals surface area contributed by atoms with Crippen molar-refractivity contribution in [2.24, 2.45) is 0 Å². The summed E-state index contributed by atoms with van der Waals surface area (Å²) in [6, 6.07) is 7.78. The van der Waals surface area contributed by atoms with Crippen LogP contribution in [0.4, 0.5) is 22.5 Å². The van der Waals surface area contributed by atoms with E-state index in [0.717, 1.165) is 62.0 Å². The predicted molar refractivity (Wildman–Crippen MR) is 132 cm³/mol. The second-order valence-electron chi connectivity index (χ2n) is 7.94. The Morgan fingerprint density at radius 1 is 1.12 bits per heavy atom. The molecule has 0 radical (unpaired) electrons. The SMILES string of the molecule is Cc1nc(NCCN2CCOCC2)cc(Nc2ncc(C(=O)Nc3c(C)cccc3C)s2)n1. The first-order valence-electron chi connectivity index (χ1n) is 11.0. The maximum Gasteiger partial charge on any atom is 0.267 e. The second kappa shape index (κ2) is 10.7. The molecule has 0 spiro atoms. The molecule has 3 N–H and O–H groups in total. The number of nitrogens with zero attached hydrogens (tertiary/aromatic N) is 4. The van der Waals surface area contributed by atoms with Gasteiger partial charge in [-0.05, 0) is 31.9 Å². The standard InChI is InChI=1S/C23H29N7O2S/c1-15-5-4-6-16(2)21(15)29-22(31)18-14-25-23(33-18)28-20-13-19(26-17(3)27-20)24-7-8-30-9-11-32-12-10-30/h4-6,13-14H,7-12H2,1-3H3,(H,29,31)(H2,24,25,26,27,28). The molecule has 0 bridgehead atoms. The van der Waals surface area contributed by atoms with Crippen LogP contribution >= 0.6 is 11.3 Å². The van der Waals surface area contributed by atoms with Crippen molar-refractivity contribution < 1.29 is 9.53 Å². The molecule has 1 aliphatic rings. The number of carbonyl (C=O) groups is 1. The number of rotatable bonds is 8. The summed E-state index contributed by atoms with van der Waals surface area (Å²) < 4.78 is 5.39. The zero-order valence-electron chi connectivity index (χ0n) is 19.1. The van der Waals surface area contributed by atoms with E-state index in [2.05, 4.69) is 35.8 Å². The van der Waals surface area contributed by atoms with E-state index in [1.54, 1.807) is 6.20 Å². The van der Waals surface area contributed by atoms with Crippen molar-refractivity contribution in [2.45, 2.75) is 20.8 Å². The van der Waals surface area contributed by atoms with Crippen molar-refractivity contribution in [1.82, 2.24) is 19.9 Å². The molecule has 1 saturated heterocycles. The first kappa shape index (κ1) is 23.1. The number of anilines is 4. The van der Waals surface area contributed by atoms with Gasteiger partial charge in [-0.3, -0.25) is 9.69 Å². The topological polar surface area (TPSA) is 104 Å². The van der Waals surface area contributed by atoms with Gasteiger partial charge in [-0.2, -0.15) is 0 Å².